The number of carbonyl (C=O) groups is 1. The molecule has 1 aromatic carbocycles. The van der Waals surface area contributed by atoms with Crippen LogP contribution in [0.1, 0.15) is 29.8 Å². The molecule has 3 rings (SSSR count). The zero-order valence-electron chi connectivity index (χ0n) is 17.1. The van der Waals surface area contributed by atoms with E-state index in [1.807, 2.05) is 12.1 Å². The normalized spacial score (nSPS) is 15.5. The first-order valence-corrected chi connectivity index (χ1v) is 11.3. The number of hydrogen-bond acceptors (Lipinski definition) is 6. The number of likely N-dealkylation sites (N-methyl/N-ethyl adjacent to an activating group) is 1. The van der Waals surface area contributed by atoms with Crippen LogP contribution in [0.15, 0.2) is 47.5 Å². The van der Waals surface area contributed by atoms with Crippen LogP contribution >= 0.6 is 0 Å². The first-order valence-electron chi connectivity index (χ1n) is 9.78. The van der Waals surface area contributed by atoms with Crippen molar-refractivity contribution in [2.24, 2.45) is 0 Å². The topological polar surface area (TPSA) is 82.6 Å². The highest BCUT2D eigenvalue weighted by molar-refractivity contribution is 7.92. The van der Waals surface area contributed by atoms with E-state index in [-0.39, 0.29) is 10.8 Å². The number of amides is 1. The van der Waals surface area contributed by atoms with Crippen molar-refractivity contribution in [1.29, 1.82) is 0 Å². The lowest BCUT2D eigenvalue weighted by molar-refractivity contribution is 0.0951. The Labute approximate surface area is 172 Å². The molecule has 1 amide bonds. The quantitative estimate of drug-likeness (QED) is 0.775. The Hall–Kier alpha value is -2.45. The van der Waals surface area contributed by atoms with Gasteiger partial charge in [0, 0.05) is 50.0 Å². The average molecular weight is 417 g/mol. The van der Waals surface area contributed by atoms with Crippen LogP contribution in [0.2, 0.25) is 0 Å². The van der Waals surface area contributed by atoms with Gasteiger partial charge < -0.3 is 15.1 Å². The van der Waals surface area contributed by atoms with Gasteiger partial charge in [0.05, 0.1) is 10.1 Å². The summed E-state index contributed by atoms with van der Waals surface area (Å²) in [4.78, 5) is 21.8. The van der Waals surface area contributed by atoms with Crippen molar-refractivity contribution in [3.05, 3.63) is 53.7 Å². The van der Waals surface area contributed by atoms with Gasteiger partial charge in [0.25, 0.3) is 5.91 Å². The molecule has 1 aromatic heterocycles. The number of anilines is 1. The fourth-order valence-electron chi connectivity index (χ4n) is 3.22. The van der Waals surface area contributed by atoms with E-state index in [2.05, 4.69) is 27.1 Å². The predicted octanol–water partition coefficient (Wildman–Crippen LogP) is 1.95. The summed E-state index contributed by atoms with van der Waals surface area (Å²) >= 11 is 0. The second-order valence-corrected chi connectivity index (χ2v) is 10.1. The summed E-state index contributed by atoms with van der Waals surface area (Å²) in [6, 6.07) is 9.92. The molecule has 8 heteroatoms. The molecule has 29 heavy (non-hydrogen) atoms. The summed E-state index contributed by atoms with van der Waals surface area (Å²) in [5.74, 6) is 0.658. The second kappa shape index (κ2) is 8.92. The summed E-state index contributed by atoms with van der Waals surface area (Å²) in [5.41, 5.74) is 1.39. The van der Waals surface area contributed by atoms with Gasteiger partial charge in [-0.25, -0.2) is 13.4 Å². The number of carbonyl (C=O) groups excluding carboxylic acids is 1. The van der Waals surface area contributed by atoms with Gasteiger partial charge in [-0.2, -0.15) is 0 Å². The summed E-state index contributed by atoms with van der Waals surface area (Å²) < 4.78 is 24.4. The number of benzene rings is 1. The van der Waals surface area contributed by atoms with Crippen molar-refractivity contribution in [2.75, 3.05) is 38.1 Å². The van der Waals surface area contributed by atoms with Crippen molar-refractivity contribution < 1.29 is 13.2 Å². The first kappa shape index (κ1) is 21.3. The Bertz CT molecular complexity index is 950. The molecule has 1 saturated heterocycles. The van der Waals surface area contributed by atoms with E-state index in [9.17, 15) is 13.2 Å². The lowest BCUT2D eigenvalue weighted by Crippen LogP contribution is -2.45. The molecule has 0 radical (unpaired) electrons. The minimum atomic E-state index is -3.35. The molecular weight excluding hydrogens is 388 g/mol. The highest BCUT2D eigenvalue weighted by Crippen LogP contribution is 2.19. The Morgan fingerprint density at radius 3 is 2.38 bits per heavy atom. The molecule has 0 spiro atoms. The fraction of sp³-hybridized carbons (Fsp3) is 0.429. The van der Waals surface area contributed by atoms with Gasteiger partial charge in [0.2, 0.25) is 0 Å². The lowest BCUT2D eigenvalue weighted by atomic mass is 10.2. The van der Waals surface area contributed by atoms with E-state index in [1.165, 1.54) is 12.1 Å². The largest absolute Gasteiger partial charge is 0.354 e. The summed E-state index contributed by atoms with van der Waals surface area (Å²) in [7, 11) is -1.24. The average Bonchev–Trinajstić information content (AvgIpc) is 2.73. The highest BCUT2D eigenvalue weighted by atomic mass is 32.2. The summed E-state index contributed by atoms with van der Waals surface area (Å²) in [5, 5.41) is 2.42. The smallest absolute Gasteiger partial charge is 0.251 e. The van der Waals surface area contributed by atoms with Crippen LogP contribution in [0.3, 0.4) is 0 Å². The minimum Gasteiger partial charge on any atom is -0.354 e. The van der Waals surface area contributed by atoms with Gasteiger partial charge in [0.15, 0.2) is 9.84 Å². The van der Waals surface area contributed by atoms with E-state index in [1.54, 1.807) is 32.2 Å². The van der Waals surface area contributed by atoms with Crippen molar-refractivity contribution in [2.45, 2.75) is 30.5 Å². The van der Waals surface area contributed by atoms with Crippen molar-refractivity contribution in [3.8, 4) is 0 Å². The number of aromatic nitrogens is 1. The fourth-order valence-corrected chi connectivity index (χ4v) is 4.28. The molecule has 1 aliphatic heterocycles. The highest BCUT2D eigenvalue weighted by Gasteiger charge is 2.20. The molecule has 0 unspecified atom stereocenters. The second-order valence-electron chi connectivity index (χ2n) is 7.58. The van der Waals surface area contributed by atoms with Crippen molar-refractivity contribution in [1.82, 2.24) is 15.2 Å². The number of rotatable bonds is 6. The Kier molecular flexibility index (Phi) is 6.54. The van der Waals surface area contributed by atoms with Gasteiger partial charge in [0.1, 0.15) is 5.82 Å². The van der Waals surface area contributed by atoms with Crippen LogP contribution < -0.4 is 10.2 Å². The van der Waals surface area contributed by atoms with Crippen LogP contribution in [-0.4, -0.2) is 62.7 Å². The summed E-state index contributed by atoms with van der Waals surface area (Å²) in [6.45, 7) is 7.41. The van der Waals surface area contributed by atoms with E-state index >= 15 is 0 Å². The molecule has 1 fully saturated rings. The molecule has 0 saturated carbocycles. The van der Waals surface area contributed by atoms with Crippen LogP contribution in [0.4, 0.5) is 5.82 Å². The van der Waals surface area contributed by atoms with E-state index in [4.69, 9.17) is 0 Å². The molecule has 0 atom stereocenters. The third-order valence-electron chi connectivity index (χ3n) is 5.18. The van der Waals surface area contributed by atoms with Gasteiger partial charge in [-0.3, -0.25) is 4.79 Å². The van der Waals surface area contributed by atoms with Crippen LogP contribution in [0, 0.1) is 0 Å². The SMILES string of the molecule is CC(C)S(=O)(=O)c1ccc(C(=O)NCc2cccnc2N2CCN(C)CC2)cc1. The lowest BCUT2D eigenvalue weighted by Gasteiger charge is -2.34. The molecular formula is C21H28N4O3S. The zero-order chi connectivity index (χ0) is 21.0. The van der Waals surface area contributed by atoms with E-state index in [0.717, 1.165) is 37.6 Å². The Morgan fingerprint density at radius 2 is 1.76 bits per heavy atom. The third kappa shape index (κ3) is 4.94. The van der Waals surface area contributed by atoms with E-state index in [0.29, 0.717) is 12.1 Å². The van der Waals surface area contributed by atoms with Crippen molar-refractivity contribution in [3.63, 3.8) is 0 Å². The maximum atomic E-state index is 12.5. The van der Waals surface area contributed by atoms with Crippen LogP contribution in [0.25, 0.3) is 0 Å². The van der Waals surface area contributed by atoms with Gasteiger partial charge >= 0.3 is 0 Å². The van der Waals surface area contributed by atoms with Gasteiger partial charge in [-0.15, -0.1) is 0 Å². The van der Waals surface area contributed by atoms with Gasteiger partial charge in [-0.1, -0.05) is 6.07 Å². The minimum absolute atomic E-state index is 0.230. The summed E-state index contributed by atoms with van der Waals surface area (Å²) in [6.07, 6.45) is 1.77. The number of sulfone groups is 1. The number of nitrogens with zero attached hydrogens (tertiary/aromatic N) is 3. The van der Waals surface area contributed by atoms with Gasteiger partial charge in [-0.05, 0) is 51.2 Å². The molecule has 1 aliphatic rings. The predicted molar refractivity (Wildman–Crippen MR) is 114 cm³/mol. The maximum absolute atomic E-state index is 12.5. The molecule has 1 N–H and O–H groups in total. The monoisotopic (exact) mass is 416 g/mol. The Morgan fingerprint density at radius 1 is 1.10 bits per heavy atom. The molecule has 156 valence electrons. The zero-order valence-corrected chi connectivity index (χ0v) is 17.9. The number of piperazine rings is 1. The Balaban J connectivity index is 1.67. The first-order chi connectivity index (χ1) is 13.8. The molecule has 2 heterocycles. The number of hydrogen-bond donors (Lipinski definition) is 1. The third-order valence-corrected chi connectivity index (χ3v) is 7.35. The molecule has 0 aliphatic carbocycles. The standard InChI is InChI=1S/C21H28N4O3S/c1-16(2)29(27,28)19-8-6-17(7-9-19)21(26)23-15-18-5-4-10-22-20(18)25-13-11-24(3)12-14-25/h4-10,16H,11-15H2,1-3H3,(H,23,26). The molecule has 0 bridgehead atoms. The molecule has 2 aromatic rings. The number of nitrogens with one attached hydrogen (secondary N) is 1. The van der Waals surface area contributed by atoms with Crippen LogP contribution in [0.5, 0.6) is 0 Å². The van der Waals surface area contributed by atoms with E-state index < -0.39 is 15.1 Å². The molecule has 7 nitrogen and oxygen atoms in total. The van der Waals surface area contributed by atoms with Crippen LogP contribution in [-0.2, 0) is 16.4 Å². The maximum Gasteiger partial charge on any atom is 0.251 e. The number of pyridine rings is 1. The van der Waals surface area contributed by atoms with Crippen molar-refractivity contribution >= 4 is 21.6 Å².